The van der Waals surface area contributed by atoms with E-state index in [1.165, 1.54) is 44.6 Å². The SMILES string of the molecule is CC(C)NC1(c2cccc(O)c2)CCC(N2CCN(C)CC2)CC1. The molecule has 0 radical (unpaired) electrons. The number of aromatic hydroxyl groups is 1. The first-order valence-electron chi connectivity index (χ1n) is 9.48. The molecule has 0 spiro atoms. The van der Waals surface area contributed by atoms with Gasteiger partial charge in [-0.2, -0.15) is 0 Å². The number of rotatable bonds is 4. The summed E-state index contributed by atoms with van der Waals surface area (Å²) in [4.78, 5) is 5.12. The van der Waals surface area contributed by atoms with E-state index in [1.807, 2.05) is 12.1 Å². The van der Waals surface area contributed by atoms with Crippen molar-refractivity contribution >= 4 is 0 Å². The van der Waals surface area contributed by atoms with Crippen LogP contribution in [0.3, 0.4) is 0 Å². The molecule has 3 rings (SSSR count). The molecule has 24 heavy (non-hydrogen) atoms. The predicted octanol–water partition coefficient (Wildman–Crippen LogP) is 2.78. The molecule has 0 aromatic heterocycles. The first-order valence-corrected chi connectivity index (χ1v) is 9.48. The Morgan fingerprint density at radius 3 is 2.38 bits per heavy atom. The summed E-state index contributed by atoms with van der Waals surface area (Å²) in [6.07, 6.45) is 4.76. The van der Waals surface area contributed by atoms with Gasteiger partial charge in [-0.15, -0.1) is 0 Å². The average Bonchev–Trinajstić information content (AvgIpc) is 2.56. The summed E-state index contributed by atoms with van der Waals surface area (Å²) in [5.74, 6) is 0.374. The molecule has 4 heteroatoms. The van der Waals surface area contributed by atoms with E-state index >= 15 is 0 Å². The molecule has 2 aliphatic rings. The molecule has 0 unspecified atom stereocenters. The first kappa shape index (κ1) is 17.7. The van der Waals surface area contributed by atoms with Gasteiger partial charge >= 0.3 is 0 Å². The summed E-state index contributed by atoms with van der Waals surface area (Å²) in [5, 5.41) is 13.8. The van der Waals surface area contributed by atoms with Gasteiger partial charge in [0.1, 0.15) is 5.75 Å². The number of phenols is 1. The Hall–Kier alpha value is -1.10. The van der Waals surface area contributed by atoms with E-state index in [2.05, 4.69) is 42.1 Å². The van der Waals surface area contributed by atoms with Gasteiger partial charge in [0.15, 0.2) is 0 Å². The van der Waals surface area contributed by atoms with E-state index in [0.717, 1.165) is 18.9 Å². The number of hydrogen-bond donors (Lipinski definition) is 2. The molecule has 0 atom stereocenters. The van der Waals surface area contributed by atoms with Crippen LogP contribution in [-0.2, 0) is 5.54 Å². The van der Waals surface area contributed by atoms with E-state index in [-0.39, 0.29) is 5.54 Å². The van der Waals surface area contributed by atoms with Crippen molar-refractivity contribution in [2.45, 2.75) is 57.2 Å². The maximum atomic E-state index is 9.93. The van der Waals surface area contributed by atoms with Crippen molar-refractivity contribution in [3.8, 4) is 5.75 Å². The lowest BCUT2D eigenvalue weighted by atomic mass is 9.74. The number of piperazine rings is 1. The highest BCUT2D eigenvalue weighted by molar-refractivity contribution is 5.33. The van der Waals surface area contributed by atoms with Crippen LogP contribution in [0.15, 0.2) is 24.3 Å². The zero-order valence-corrected chi connectivity index (χ0v) is 15.5. The van der Waals surface area contributed by atoms with Crippen LogP contribution in [0.2, 0.25) is 0 Å². The highest BCUT2D eigenvalue weighted by atomic mass is 16.3. The van der Waals surface area contributed by atoms with Gasteiger partial charge in [0.05, 0.1) is 0 Å². The van der Waals surface area contributed by atoms with Crippen LogP contribution >= 0.6 is 0 Å². The molecular formula is C20H33N3O. The Morgan fingerprint density at radius 2 is 1.79 bits per heavy atom. The number of likely N-dealkylation sites (N-methyl/N-ethyl adjacent to an activating group) is 1. The van der Waals surface area contributed by atoms with Crippen molar-refractivity contribution in [2.75, 3.05) is 33.2 Å². The Balaban J connectivity index is 1.71. The van der Waals surface area contributed by atoms with E-state index in [0.29, 0.717) is 11.8 Å². The quantitative estimate of drug-likeness (QED) is 0.890. The lowest BCUT2D eigenvalue weighted by Gasteiger charge is -2.47. The minimum absolute atomic E-state index is 0.00991. The number of nitrogens with one attached hydrogen (secondary N) is 1. The largest absolute Gasteiger partial charge is 0.508 e. The van der Waals surface area contributed by atoms with E-state index in [1.54, 1.807) is 6.07 Å². The molecule has 2 N–H and O–H groups in total. The summed E-state index contributed by atoms with van der Waals surface area (Å²) < 4.78 is 0. The molecule has 4 nitrogen and oxygen atoms in total. The van der Waals surface area contributed by atoms with E-state index in [4.69, 9.17) is 0 Å². The number of hydrogen-bond acceptors (Lipinski definition) is 4. The third-order valence-corrected chi connectivity index (χ3v) is 5.83. The Labute approximate surface area is 146 Å². The van der Waals surface area contributed by atoms with Crippen LogP contribution in [0.1, 0.15) is 45.1 Å². The molecule has 1 saturated heterocycles. The summed E-state index contributed by atoms with van der Waals surface area (Å²) >= 11 is 0. The van der Waals surface area contributed by atoms with Gasteiger partial charge in [0.25, 0.3) is 0 Å². The number of benzene rings is 1. The van der Waals surface area contributed by atoms with E-state index < -0.39 is 0 Å². The summed E-state index contributed by atoms with van der Waals surface area (Å²) in [6, 6.07) is 9.02. The van der Waals surface area contributed by atoms with Gasteiger partial charge < -0.3 is 15.3 Å². The molecule has 2 fully saturated rings. The molecule has 134 valence electrons. The Morgan fingerprint density at radius 1 is 1.12 bits per heavy atom. The monoisotopic (exact) mass is 331 g/mol. The molecule has 0 bridgehead atoms. The minimum Gasteiger partial charge on any atom is -0.508 e. The van der Waals surface area contributed by atoms with Crippen LogP contribution in [0.5, 0.6) is 5.75 Å². The Bertz CT molecular complexity index is 529. The molecule has 0 amide bonds. The summed E-state index contributed by atoms with van der Waals surface area (Å²) in [7, 11) is 2.22. The second-order valence-electron chi connectivity index (χ2n) is 8.00. The molecular weight excluding hydrogens is 298 g/mol. The summed E-state index contributed by atoms with van der Waals surface area (Å²) in [5.41, 5.74) is 1.25. The van der Waals surface area contributed by atoms with Crippen LogP contribution in [-0.4, -0.2) is 60.2 Å². The first-order chi connectivity index (χ1) is 11.5. The van der Waals surface area contributed by atoms with Gasteiger partial charge in [0.2, 0.25) is 0 Å². The maximum absolute atomic E-state index is 9.93. The third-order valence-electron chi connectivity index (χ3n) is 5.83. The third kappa shape index (κ3) is 3.93. The van der Waals surface area contributed by atoms with Crippen molar-refractivity contribution < 1.29 is 5.11 Å². The van der Waals surface area contributed by atoms with Gasteiger partial charge in [0, 0.05) is 43.8 Å². The second kappa shape index (κ2) is 7.42. The van der Waals surface area contributed by atoms with Crippen LogP contribution < -0.4 is 5.32 Å². The molecule has 1 saturated carbocycles. The maximum Gasteiger partial charge on any atom is 0.115 e. The fourth-order valence-corrected chi connectivity index (χ4v) is 4.52. The second-order valence-corrected chi connectivity index (χ2v) is 8.00. The molecule has 1 heterocycles. The highest BCUT2D eigenvalue weighted by Crippen LogP contribution is 2.40. The zero-order chi connectivity index (χ0) is 17.2. The highest BCUT2D eigenvalue weighted by Gasteiger charge is 2.39. The summed E-state index contributed by atoms with van der Waals surface area (Å²) in [6.45, 7) is 9.24. The lowest BCUT2D eigenvalue weighted by Crippen LogP contribution is -2.54. The molecule has 1 aromatic carbocycles. The molecule has 1 aliphatic heterocycles. The predicted molar refractivity (Wildman–Crippen MR) is 99.4 cm³/mol. The fraction of sp³-hybridized carbons (Fsp3) is 0.700. The fourth-order valence-electron chi connectivity index (χ4n) is 4.52. The van der Waals surface area contributed by atoms with Crippen molar-refractivity contribution in [1.82, 2.24) is 15.1 Å². The van der Waals surface area contributed by atoms with Crippen molar-refractivity contribution in [3.05, 3.63) is 29.8 Å². The van der Waals surface area contributed by atoms with Gasteiger partial charge in [-0.05, 0) is 50.4 Å². The minimum atomic E-state index is 0.00991. The normalized spacial score (nSPS) is 29.9. The van der Waals surface area contributed by atoms with E-state index in [9.17, 15) is 5.11 Å². The Kier molecular flexibility index (Phi) is 5.48. The molecule has 1 aliphatic carbocycles. The van der Waals surface area contributed by atoms with Crippen LogP contribution in [0.25, 0.3) is 0 Å². The van der Waals surface area contributed by atoms with Crippen LogP contribution in [0, 0.1) is 0 Å². The lowest BCUT2D eigenvalue weighted by molar-refractivity contribution is 0.0653. The van der Waals surface area contributed by atoms with Gasteiger partial charge in [-0.1, -0.05) is 26.0 Å². The standard InChI is InChI=1S/C20H33N3O/c1-16(2)21-20(17-5-4-6-19(24)15-17)9-7-18(8-10-20)23-13-11-22(3)12-14-23/h4-6,15-16,18,21,24H,7-14H2,1-3H3. The van der Waals surface area contributed by atoms with Crippen LogP contribution in [0.4, 0.5) is 0 Å². The van der Waals surface area contributed by atoms with Crippen molar-refractivity contribution in [2.24, 2.45) is 0 Å². The smallest absolute Gasteiger partial charge is 0.115 e. The average molecular weight is 332 g/mol. The zero-order valence-electron chi connectivity index (χ0n) is 15.5. The van der Waals surface area contributed by atoms with Gasteiger partial charge in [-0.3, -0.25) is 4.90 Å². The number of nitrogens with zero attached hydrogens (tertiary/aromatic N) is 2. The van der Waals surface area contributed by atoms with Crippen molar-refractivity contribution in [3.63, 3.8) is 0 Å². The van der Waals surface area contributed by atoms with Gasteiger partial charge in [-0.25, -0.2) is 0 Å². The molecule has 1 aromatic rings. The number of phenolic OH excluding ortho intramolecular Hbond substituents is 1. The van der Waals surface area contributed by atoms with Crippen molar-refractivity contribution in [1.29, 1.82) is 0 Å². The topological polar surface area (TPSA) is 38.7 Å².